The summed E-state index contributed by atoms with van der Waals surface area (Å²) in [4.78, 5) is 35.4. The summed E-state index contributed by atoms with van der Waals surface area (Å²) < 4.78 is 0. The van der Waals surface area contributed by atoms with Crippen LogP contribution >= 0.6 is 46.4 Å². The van der Waals surface area contributed by atoms with Crippen molar-refractivity contribution < 1.29 is 19.8 Å². The molecule has 8 rings (SSSR count). The van der Waals surface area contributed by atoms with Crippen LogP contribution in [-0.4, -0.2) is 95.4 Å². The van der Waals surface area contributed by atoms with Crippen molar-refractivity contribution in [2.24, 2.45) is 10.8 Å². The molecule has 2 saturated carbocycles. The van der Waals surface area contributed by atoms with E-state index < -0.39 is 0 Å². The molecule has 0 aromatic heterocycles. The van der Waals surface area contributed by atoms with Crippen LogP contribution in [0.2, 0.25) is 20.1 Å². The van der Waals surface area contributed by atoms with Crippen LogP contribution in [0.25, 0.3) is 0 Å². The first kappa shape index (κ1) is 38.3. The van der Waals surface area contributed by atoms with Crippen LogP contribution in [0.3, 0.4) is 0 Å². The van der Waals surface area contributed by atoms with E-state index in [0.717, 1.165) is 141 Å². The smallest absolute Gasteiger partial charge is 0.230 e. The molecular weight excluding hydrogens is 742 g/mol. The molecule has 0 radical (unpaired) electrons. The Hall–Kier alpha value is -1.94. The van der Waals surface area contributed by atoms with Crippen molar-refractivity contribution in [2.45, 2.75) is 114 Å². The van der Waals surface area contributed by atoms with Gasteiger partial charge in [-0.15, -0.1) is 0 Å². The van der Waals surface area contributed by atoms with E-state index in [2.05, 4.69) is 19.6 Å². The SMILES string of the molecule is O=C1N(C2CCC(O)CC2)CC[C@@]12CCCN(c1cccc(Cl)c1Cl)C2.O=C1N(C2CCC(O)CC2)CC[C@@]12CCCN(c1cccc(Cl)c1Cl)C2. The highest BCUT2D eigenvalue weighted by atomic mass is 35.5. The molecule has 4 saturated heterocycles. The minimum atomic E-state index is -0.292. The number of aliphatic hydroxyl groups is 2. The van der Waals surface area contributed by atoms with Crippen LogP contribution in [0.15, 0.2) is 36.4 Å². The Kier molecular flexibility index (Phi) is 11.8. The molecule has 12 heteroatoms. The zero-order valence-electron chi connectivity index (χ0n) is 29.9. The monoisotopic (exact) mass is 792 g/mol. The second-order valence-electron chi connectivity index (χ2n) is 16.2. The second kappa shape index (κ2) is 16.0. The predicted octanol–water partition coefficient (Wildman–Crippen LogP) is 8.23. The second-order valence-corrected chi connectivity index (χ2v) is 17.7. The molecule has 8 nitrogen and oxygen atoms in total. The number of rotatable bonds is 4. The molecule has 2 aromatic carbocycles. The number of aliphatic hydroxyl groups excluding tert-OH is 2. The standard InChI is InChI=1S/2C20H26Cl2N2O2/c2*21-16-3-1-4-17(18(16)22)23-11-2-9-20(13-23)10-12-24(19(20)26)14-5-7-15(25)8-6-14/h2*1,3-4,14-15,25H,2,5-13H2/t2*14?,15?,20-/m11/s1. The normalized spacial score (nSPS) is 32.5. The van der Waals surface area contributed by atoms with E-state index in [-0.39, 0.29) is 23.0 Å². The van der Waals surface area contributed by atoms with Gasteiger partial charge < -0.3 is 29.8 Å². The third kappa shape index (κ3) is 7.64. The summed E-state index contributed by atoms with van der Waals surface area (Å²) in [5.41, 5.74) is 1.29. The zero-order valence-corrected chi connectivity index (χ0v) is 33.0. The molecule has 4 heterocycles. The number of piperidine rings is 2. The highest BCUT2D eigenvalue weighted by molar-refractivity contribution is 6.44. The van der Waals surface area contributed by atoms with Gasteiger partial charge in [-0.2, -0.15) is 0 Å². The van der Waals surface area contributed by atoms with Crippen LogP contribution in [0, 0.1) is 10.8 Å². The fraction of sp³-hybridized carbons (Fsp3) is 0.650. The summed E-state index contributed by atoms with van der Waals surface area (Å²) in [5, 5.41) is 21.8. The summed E-state index contributed by atoms with van der Waals surface area (Å²) in [6.07, 6.45) is 12.3. The van der Waals surface area contributed by atoms with Gasteiger partial charge in [0.1, 0.15) is 0 Å². The van der Waals surface area contributed by atoms with Crippen molar-refractivity contribution in [1.29, 1.82) is 0 Å². The van der Waals surface area contributed by atoms with E-state index in [4.69, 9.17) is 46.4 Å². The molecule has 2 aliphatic carbocycles. The Morgan fingerprint density at radius 2 is 0.923 bits per heavy atom. The molecule has 0 bridgehead atoms. The van der Waals surface area contributed by atoms with Crippen LogP contribution in [0.4, 0.5) is 11.4 Å². The van der Waals surface area contributed by atoms with Gasteiger partial charge in [0.25, 0.3) is 0 Å². The number of hydrogen-bond donors (Lipinski definition) is 2. The zero-order chi connectivity index (χ0) is 36.6. The lowest BCUT2D eigenvalue weighted by molar-refractivity contribution is -0.140. The first-order valence-electron chi connectivity index (χ1n) is 19.4. The highest BCUT2D eigenvalue weighted by Crippen LogP contribution is 2.47. The molecule has 284 valence electrons. The average molecular weight is 795 g/mol. The third-order valence-corrected chi connectivity index (χ3v) is 14.6. The Bertz CT molecular complexity index is 1500. The van der Waals surface area contributed by atoms with Crippen molar-refractivity contribution >= 4 is 69.6 Å². The number of carbonyl (C=O) groups is 2. The molecule has 2 N–H and O–H groups in total. The summed E-state index contributed by atoms with van der Waals surface area (Å²) in [5.74, 6) is 0.614. The summed E-state index contributed by atoms with van der Waals surface area (Å²) >= 11 is 25.2. The van der Waals surface area contributed by atoms with E-state index in [1.54, 1.807) is 12.1 Å². The number of carbonyl (C=O) groups excluding carboxylic acids is 2. The molecule has 2 spiro atoms. The molecular formula is C40H52Cl4N4O4. The number of benzene rings is 2. The van der Waals surface area contributed by atoms with Crippen molar-refractivity contribution in [3.8, 4) is 0 Å². The van der Waals surface area contributed by atoms with E-state index in [0.29, 0.717) is 44.0 Å². The van der Waals surface area contributed by atoms with Gasteiger partial charge in [0.05, 0.1) is 54.5 Å². The van der Waals surface area contributed by atoms with E-state index in [9.17, 15) is 19.8 Å². The Labute approximate surface area is 328 Å². The van der Waals surface area contributed by atoms with Crippen molar-refractivity contribution in [2.75, 3.05) is 49.1 Å². The topological polar surface area (TPSA) is 87.6 Å². The van der Waals surface area contributed by atoms with Crippen LogP contribution in [-0.2, 0) is 9.59 Å². The Balaban J connectivity index is 0.000000162. The molecule has 4 aliphatic heterocycles. The lowest BCUT2D eigenvalue weighted by Crippen LogP contribution is -2.50. The first-order chi connectivity index (χ1) is 25.0. The van der Waals surface area contributed by atoms with Crippen molar-refractivity contribution in [3.05, 3.63) is 56.5 Å². The van der Waals surface area contributed by atoms with Gasteiger partial charge in [0.15, 0.2) is 0 Å². The molecule has 2 aromatic rings. The molecule has 6 aliphatic rings. The minimum Gasteiger partial charge on any atom is -0.393 e. The lowest BCUT2D eigenvalue weighted by Gasteiger charge is -2.41. The van der Waals surface area contributed by atoms with Crippen LogP contribution in [0.5, 0.6) is 0 Å². The lowest BCUT2D eigenvalue weighted by atomic mass is 9.78. The number of likely N-dealkylation sites (tertiary alicyclic amines) is 2. The van der Waals surface area contributed by atoms with Gasteiger partial charge in [-0.1, -0.05) is 58.5 Å². The maximum Gasteiger partial charge on any atom is 0.230 e. The van der Waals surface area contributed by atoms with Crippen molar-refractivity contribution in [1.82, 2.24) is 9.80 Å². The molecule has 6 fully saturated rings. The number of amides is 2. The maximum absolute atomic E-state index is 13.4. The fourth-order valence-corrected chi connectivity index (χ4v) is 10.9. The number of anilines is 2. The van der Waals surface area contributed by atoms with Gasteiger partial charge in [-0.3, -0.25) is 9.59 Å². The van der Waals surface area contributed by atoms with E-state index in [1.807, 2.05) is 24.3 Å². The summed E-state index contributed by atoms with van der Waals surface area (Å²) in [6.45, 7) is 4.94. The maximum atomic E-state index is 13.4. The molecule has 2 atom stereocenters. The summed E-state index contributed by atoms with van der Waals surface area (Å²) in [6, 6.07) is 12.0. The van der Waals surface area contributed by atoms with Gasteiger partial charge in [-0.05, 0) is 114 Å². The van der Waals surface area contributed by atoms with Gasteiger partial charge in [0.2, 0.25) is 11.8 Å². The van der Waals surface area contributed by atoms with E-state index in [1.165, 1.54) is 0 Å². The number of hydrogen-bond acceptors (Lipinski definition) is 6. The van der Waals surface area contributed by atoms with Gasteiger partial charge in [0, 0.05) is 51.4 Å². The predicted molar refractivity (Wildman–Crippen MR) is 210 cm³/mol. The van der Waals surface area contributed by atoms with E-state index >= 15 is 0 Å². The first-order valence-corrected chi connectivity index (χ1v) is 20.9. The third-order valence-electron chi connectivity index (χ3n) is 13.0. The minimum absolute atomic E-state index is 0.187. The van der Waals surface area contributed by atoms with Crippen molar-refractivity contribution in [3.63, 3.8) is 0 Å². The highest BCUT2D eigenvalue weighted by Gasteiger charge is 2.52. The number of halogens is 4. The fourth-order valence-electron chi connectivity index (χ4n) is 10.0. The molecule has 2 amide bonds. The van der Waals surface area contributed by atoms with Gasteiger partial charge in [-0.25, -0.2) is 0 Å². The molecule has 0 unspecified atom stereocenters. The molecule has 52 heavy (non-hydrogen) atoms. The average Bonchev–Trinajstić information content (AvgIpc) is 3.62. The van der Waals surface area contributed by atoms with Crippen LogP contribution < -0.4 is 9.80 Å². The van der Waals surface area contributed by atoms with Crippen LogP contribution in [0.1, 0.15) is 89.9 Å². The quantitative estimate of drug-likeness (QED) is 0.325. The summed E-state index contributed by atoms with van der Waals surface area (Å²) in [7, 11) is 0. The Morgan fingerprint density at radius 3 is 1.31 bits per heavy atom. The largest absolute Gasteiger partial charge is 0.393 e. The number of nitrogens with zero attached hydrogens (tertiary/aromatic N) is 4. The van der Waals surface area contributed by atoms with Gasteiger partial charge >= 0.3 is 0 Å². The Morgan fingerprint density at radius 1 is 0.538 bits per heavy atom.